The van der Waals surface area contributed by atoms with Crippen LogP contribution in [0.4, 0.5) is 17.1 Å². The van der Waals surface area contributed by atoms with Gasteiger partial charge in [0, 0.05) is 22.4 Å². The van der Waals surface area contributed by atoms with Gasteiger partial charge in [0.15, 0.2) is 0 Å². The van der Waals surface area contributed by atoms with E-state index in [1.807, 2.05) is 0 Å². The van der Waals surface area contributed by atoms with E-state index in [1.54, 1.807) is 0 Å². The lowest BCUT2D eigenvalue weighted by atomic mass is 9.81. The highest BCUT2D eigenvalue weighted by Gasteiger charge is 2.36. The molecule has 0 aliphatic heterocycles. The molecule has 9 rings (SSSR count). The zero-order valence-electron chi connectivity index (χ0n) is 29.5. The summed E-state index contributed by atoms with van der Waals surface area (Å²) in [5.41, 5.74) is 18.4. The van der Waals surface area contributed by atoms with E-state index in [0.29, 0.717) is 0 Å². The van der Waals surface area contributed by atoms with Crippen LogP contribution in [0.15, 0.2) is 200 Å². The van der Waals surface area contributed by atoms with Crippen molar-refractivity contribution in [3.05, 3.63) is 211 Å². The zero-order valence-corrected chi connectivity index (χ0v) is 29.5. The number of nitrogens with zero attached hydrogens (tertiary/aromatic N) is 1. The molecule has 1 aliphatic rings. The topological polar surface area (TPSA) is 3.24 Å². The fourth-order valence-electron chi connectivity index (χ4n) is 7.92. The van der Waals surface area contributed by atoms with Crippen molar-refractivity contribution >= 4 is 17.1 Å². The largest absolute Gasteiger partial charge is 0.310 e. The molecule has 0 saturated carbocycles. The van der Waals surface area contributed by atoms with Crippen LogP contribution in [-0.2, 0) is 5.41 Å². The number of rotatable bonds is 7. The highest BCUT2D eigenvalue weighted by molar-refractivity contribution is 5.91. The van der Waals surface area contributed by atoms with Gasteiger partial charge in [-0.3, -0.25) is 0 Å². The molecule has 0 bridgehead atoms. The molecule has 248 valence electrons. The summed E-state index contributed by atoms with van der Waals surface area (Å²) in [6.07, 6.45) is 0. The molecule has 0 fully saturated rings. The maximum atomic E-state index is 2.42. The molecule has 0 amide bonds. The Labute approximate surface area is 307 Å². The van der Waals surface area contributed by atoms with E-state index in [0.717, 1.165) is 17.1 Å². The van der Waals surface area contributed by atoms with Crippen molar-refractivity contribution in [1.82, 2.24) is 0 Å². The Morgan fingerprint density at radius 1 is 0.308 bits per heavy atom. The molecule has 1 heteroatoms. The van der Waals surface area contributed by atoms with Crippen molar-refractivity contribution in [1.29, 1.82) is 0 Å². The Morgan fingerprint density at radius 2 is 0.731 bits per heavy atom. The first-order valence-corrected chi connectivity index (χ1v) is 18.1. The highest BCUT2D eigenvalue weighted by Crippen LogP contribution is 2.52. The number of fused-ring (bicyclic) bond motifs is 3. The van der Waals surface area contributed by atoms with Crippen LogP contribution in [0, 0.1) is 0 Å². The van der Waals surface area contributed by atoms with E-state index in [2.05, 4.69) is 219 Å². The SMILES string of the molecule is CC1(C)c2cc(-c3ccc(-c4ccccc4)cc3)ccc2-c2ccc(N(c3ccccc3)c3ccccc3-c3ccc(-c4ccccc4)cc3)cc21. The second kappa shape index (κ2) is 13.0. The first kappa shape index (κ1) is 31.5. The van der Waals surface area contributed by atoms with Gasteiger partial charge in [0.2, 0.25) is 0 Å². The second-order valence-electron chi connectivity index (χ2n) is 14.2. The van der Waals surface area contributed by atoms with Crippen molar-refractivity contribution in [3.8, 4) is 55.6 Å². The van der Waals surface area contributed by atoms with Gasteiger partial charge in [0.1, 0.15) is 0 Å². The zero-order chi connectivity index (χ0) is 35.1. The molecular formula is C51H39N. The number of hydrogen-bond donors (Lipinski definition) is 0. The van der Waals surface area contributed by atoms with Gasteiger partial charge in [-0.15, -0.1) is 0 Å². The van der Waals surface area contributed by atoms with Gasteiger partial charge in [0.05, 0.1) is 5.69 Å². The summed E-state index contributed by atoms with van der Waals surface area (Å²) in [4.78, 5) is 2.42. The predicted octanol–water partition coefficient (Wildman–Crippen LogP) is 14.1. The molecule has 0 unspecified atom stereocenters. The minimum absolute atomic E-state index is 0.171. The number of para-hydroxylation sites is 2. The van der Waals surface area contributed by atoms with Crippen molar-refractivity contribution < 1.29 is 0 Å². The van der Waals surface area contributed by atoms with Crippen LogP contribution in [0.1, 0.15) is 25.0 Å². The molecule has 8 aromatic carbocycles. The number of benzene rings is 8. The summed E-state index contributed by atoms with van der Waals surface area (Å²) in [6.45, 7) is 4.75. The van der Waals surface area contributed by atoms with Crippen molar-refractivity contribution in [3.63, 3.8) is 0 Å². The van der Waals surface area contributed by atoms with E-state index >= 15 is 0 Å². The normalized spacial score (nSPS) is 12.6. The Balaban J connectivity index is 1.09. The molecular weight excluding hydrogens is 627 g/mol. The second-order valence-corrected chi connectivity index (χ2v) is 14.2. The summed E-state index contributed by atoms with van der Waals surface area (Å²) in [5.74, 6) is 0. The van der Waals surface area contributed by atoms with Gasteiger partial charge in [0.25, 0.3) is 0 Å². The van der Waals surface area contributed by atoms with Gasteiger partial charge < -0.3 is 4.90 Å². The third-order valence-corrected chi connectivity index (χ3v) is 10.7. The van der Waals surface area contributed by atoms with E-state index < -0.39 is 0 Å². The average molecular weight is 666 g/mol. The lowest BCUT2D eigenvalue weighted by molar-refractivity contribution is 0.660. The quantitative estimate of drug-likeness (QED) is 0.164. The van der Waals surface area contributed by atoms with Crippen LogP contribution in [0.5, 0.6) is 0 Å². The molecule has 0 atom stereocenters. The minimum Gasteiger partial charge on any atom is -0.310 e. The third kappa shape index (κ3) is 5.61. The summed E-state index contributed by atoms with van der Waals surface area (Å²) in [7, 11) is 0. The van der Waals surface area contributed by atoms with Gasteiger partial charge in [-0.1, -0.05) is 178 Å². The van der Waals surface area contributed by atoms with E-state index in [-0.39, 0.29) is 5.41 Å². The van der Waals surface area contributed by atoms with Gasteiger partial charge >= 0.3 is 0 Å². The van der Waals surface area contributed by atoms with Crippen LogP contribution in [0.3, 0.4) is 0 Å². The number of anilines is 3. The third-order valence-electron chi connectivity index (χ3n) is 10.7. The fourth-order valence-corrected chi connectivity index (χ4v) is 7.92. The predicted molar refractivity (Wildman–Crippen MR) is 220 cm³/mol. The minimum atomic E-state index is -0.171. The van der Waals surface area contributed by atoms with Crippen LogP contribution in [-0.4, -0.2) is 0 Å². The monoisotopic (exact) mass is 665 g/mol. The first-order chi connectivity index (χ1) is 25.5. The molecule has 0 N–H and O–H groups in total. The van der Waals surface area contributed by atoms with E-state index in [1.165, 1.54) is 66.8 Å². The van der Waals surface area contributed by atoms with Crippen LogP contribution in [0.2, 0.25) is 0 Å². The van der Waals surface area contributed by atoms with Crippen LogP contribution < -0.4 is 4.90 Å². The molecule has 52 heavy (non-hydrogen) atoms. The van der Waals surface area contributed by atoms with Crippen molar-refractivity contribution in [2.45, 2.75) is 19.3 Å². The highest BCUT2D eigenvalue weighted by atomic mass is 15.1. The van der Waals surface area contributed by atoms with Gasteiger partial charge in [-0.2, -0.15) is 0 Å². The lowest BCUT2D eigenvalue weighted by Gasteiger charge is -2.29. The molecule has 1 nitrogen and oxygen atoms in total. The summed E-state index contributed by atoms with van der Waals surface area (Å²) >= 11 is 0. The van der Waals surface area contributed by atoms with E-state index in [4.69, 9.17) is 0 Å². The Kier molecular flexibility index (Phi) is 7.90. The summed E-state index contributed by atoms with van der Waals surface area (Å²) < 4.78 is 0. The summed E-state index contributed by atoms with van der Waals surface area (Å²) in [5, 5.41) is 0. The van der Waals surface area contributed by atoms with Crippen molar-refractivity contribution in [2.75, 3.05) is 4.90 Å². The molecule has 0 radical (unpaired) electrons. The Hall–Kier alpha value is -6.44. The van der Waals surface area contributed by atoms with Gasteiger partial charge in [-0.25, -0.2) is 0 Å². The first-order valence-electron chi connectivity index (χ1n) is 18.1. The Morgan fingerprint density at radius 3 is 1.33 bits per heavy atom. The maximum Gasteiger partial charge on any atom is 0.0540 e. The molecule has 1 aliphatic carbocycles. The standard InChI is InChI=1S/C51H39N/c1-51(2)48-34-42(40-24-22-38(23-25-40)36-14-6-3-7-15-36)30-32-46(48)47-33-31-44(35-49(47)51)52(43-18-10-5-11-19-43)50-21-13-12-20-45(50)41-28-26-39(27-29-41)37-16-8-4-9-17-37/h3-35H,1-2H3. The molecule has 0 saturated heterocycles. The molecule has 0 aromatic heterocycles. The smallest absolute Gasteiger partial charge is 0.0540 e. The Bertz CT molecular complexity index is 2500. The number of hydrogen-bond acceptors (Lipinski definition) is 1. The fraction of sp³-hybridized carbons (Fsp3) is 0.0588. The van der Waals surface area contributed by atoms with Crippen molar-refractivity contribution in [2.24, 2.45) is 0 Å². The summed E-state index contributed by atoms with van der Waals surface area (Å²) in [6, 6.07) is 72.7. The van der Waals surface area contributed by atoms with Crippen LogP contribution >= 0.6 is 0 Å². The lowest BCUT2D eigenvalue weighted by Crippen LogP contribution is -2.17. The van der Waals surface area contributed by atoms with Crippen LogP contribution in [0.25, 0.3) is 55.6 Å². The average Bonchev–Trinajstić information content (AvgIpc) is 3.44. The van der Waals surface area contributed by atoms with Gasteiger partial charge in [-0.05, 0) is 97.6 Å². The van der Waals surface area contributed by atoms with E-state index in [9.17, 15) is 0 Å². The molecule has 0 spiro atoms. The maximum absolute atomic E-state index is 2.42. The molecule has 0 heterocycles. The molecule has 8 aromatic rings.